The Balaban J connectivity index is 1.36. The van der Waals surface area contributed by atoms with E-state index in [1.54, 1.807) is 6.20 Å². The highest BCUT2D eigenvalue weighted by Gasteiger charge is 2.20. The van der Waals surface area contributed by atoms with Gasteiger partial charge in [0, 0.05) is 72.0 Å². The van der Waals surface area contributed by atoms with Crippen LogP contribution in [0.5, 0.6) is 5.75 Å². The van der Waals surface area contributed by atoms with Gasteiger partial charge in [-0.3, -0.25) is 9.88 Å². The van der Waals surface area contributed by atoms with Gasteiger partial charge in [-0.2, -0.15) is 5.26 Å². The molecule has 1 aliphatic rings. The number of nitriles is 1. The minimum Gasteiger partial charge on any atom is -0.492 e. The van der Waals surface area contributed by atoms with E-state index in [1.807, 2.05) is 43.5 Å². The molecule has 0 spiro atoms. The largest absolute Gasteiger partial charge is 0.492 e. The minimum absolute atomic E-state index is 0.501. The van der Waals surface area contributed by atoms with E-state index in [-0.39, 0.29) is 0 Å². The number of aryl methyl sites for hydroxylation is 2. The summed E-state index contributed by atoms with van der Waals surface area (Å²) in [5.74, 6) is 0.838. The molecule has 190 valence electrons. The number of H-pyrrole nitrogens is 1. The molecule has 5 rings (SSSR count). The number of nitrogens with one attached hydrogen (secondary N) is 3. The van der Waals surface area contributed by atoms with Crippen LogP contribution >= 0.6 is 0 Å². The molecule has 2 aromatic heterocycles. The highest BCUT2D eigenvalue weighted by molar-refractivity contribution is 5.92. The summed E-state index contributed by atoms with van der Waals surface area (Å²) < 4.78 is 6.07. The van der Waals surface area contributed by atoms with Crippen molar-refractivity contribution in [2.45, 2.75) is 39.8 Å². The van der Waals surface area contributed by atoms with Gasteiger partial charge < -0.3 is 20.4 Å². The zero-order valence-corrected chi connectivity index (χ0v) is 21.9. The smallest absolute Gasteiger partial charge is 0.119 e. The Morgan fingerprint density at radius 3 is 2.57 bits per heavy atom. The van der Waals surface area contributed by atoms with Crippen LogP contribution in [0.15, 0.2) is 54.9 Å². The van der Waals surface area contributed by atoms with Crippen molar-refractivity contribution in [3.05, 3.63) is 71.7 Å². The molecule has 0 radical (unpaired) electrons. The van der Waals surface area contributed by atoms with Crippen LogP contribution in [0.3, 0.4) is 0 Å². The minimum atomic E-state index is 0.501. The third kappa shape index (κ3) is 5.31. The van der Waals surface area contributed by atoms with Gasteiger partial charge in [-0.1, -0.05) is 12.1 Å². The number of anilines is 2. The number of fused-ring (bicyclic) bond motifs is 1. The summed E-state index contributed by atoms with van der Waals surface area (Å²) in [5, 5.41) is 18.2. The summed E-state index contributed by atoms with van der Waals surface area (Å²) in [7, 11) is 0. The molecule has 37 heavy (non-hydrogen) atoms. The number of hydrogen-bond donors (Lipinski definition) is 3. The highest BCUT2D eigenvalue weighted by Crippen LogP contribution is 2.37. The zero-order chi connectivity index (χ0) is 25.9. The molecule has 1 saturated heterocycles. The molecule has 2 aromatic carbocycles. The molecule has 1 aliphatic heterocycles. The molecule has 4 aromatic rings. The fourth-order valence-corrected chi connectivity index (χ4v) is 5.36. The number of pyridine rings is 1. The summed E-state index contributed by atoms with van der Waals surface area (Å²) in [4.78, 5) is 10.2. The second kappa shape index (κ2) is 10.6. The van der Waals surface area contributed by atoms with E-state index in [0.29, 0.717) is 24.3 Å². The van der Waals surface area contributed by atoms with Crippen molar-refractivity contribution in [1.82, 2.24) is 20.2 Å². The van der Waals surface area contributed by atoms with Gasteiger partial charge in [0.15, 0.2) is 0 Å². The van der Waals surface area contributed by atoms with Crippen LogP contribution in [0.4, 0.5) is 11.4 Å². The SMILES string of the molecule is Cc1ncc(C#N)c(Nc2ccc3[nH]ccc3c2C)c1-c1ccc(OCCN2CC(C)NC(C)C2)cc1. The first kappa shape index (κ1) is 24.8. The lowest BCUT2D eigenvalue weighted by Crippen LogP contribution is -2.54. The van der Waals surface area contributed by atoms with E-state index in [9.17, 15) is 5.26 Å². The standard InChI is InChI=1S/C30H34N6O/c1-19-17-36(18-20(2)34-19)13-14-37-25-7-5-23(6-8-25)29-22(4)33-16-24(15-31)30(29)35-27-9-10-28-26(21(27)3)11-12-32-28/h5-12,16,19-20,32,34H,13-14,17-18H2,1-4H3,(H,33,35). The number of ether oxygens (including phenoxy) is 1. The second-order valence-electron chi connectivity index (χ2n) is 10.0. The molecule has 0 aliphatic carbocycles. The third-order valence-corrected chi connectivity index (χ3v) is 7.10. The van der Waals surface area contributed by atoms with Crippen LogP contribution in [0.25, 0.3) is 22.0 Å². The van der Waals surface area contributed by atoms with Gasteiger partial charge in [-0.15, -0.1) is 0 Å². The number of aromatic nitrogens is 2. The van der Waals surface area contributed by atoms with Gasteiger partial charge >= 0.3 is 0 Å². The van der Waals surface area contributed by atoms with E-state index >= 15 is 0 Å². The zero-order valence-electron chi connectivity index (χ0n) is 21.9. The van der Waals surface area contributed by atoms with Crippen molar-refractivity contribution in [2.24, 2.45) is 0 Å². The number of rotatable bonds is 7. The molecule has 0 amide bonds. The summed E-state index contributed by atoms with van der Waals surface area (Å²) in [6.45, 7) is 12.2. The van der Waals surface area contributed by atoms with E-state index in [4.69, 9.17) is 4.74 Å². The van der Waals surface area contributed by atoms with Crippen molar-refractivity contribution in [1.29, 1.82) is 5.26 Å². The summed E-state index contributed by atoms with van der Waals surface area (Å²) in [6.07, 6.45) is 3.58. The number of hydrogen-bond acceptors (Lipinski definition) is 6. The Morgan fingerprint density at radius 1 is 1.08 bits per heavy atom. The first-order valence-corrected chi connectivity index (χ1v) is 12.9. The lowest BCUT2D eigenvalue weighted by molar-refractivity contribution is 0.146. The predicted octanol–water partition coefficient (Wildman–Crippen LogP) is 5.52. The Kier molecular flexibility index (Phi) is 7.13. The Hall–Kier alpha value is -3.86. The Morgan fingerprint density at radius 2 is 1.84 bits per heavy atom. The van der Waals surface area contributed by atoms with Crippen molar-refractivity contribution < 1.29 is 4.74 Å². The summed E-state index contributed by atoms with van der Waals surface area (Å²) in [6, 6.07) is 17.6. The molecule has 2 atom stereocenters. The lowest BCUT2D eigenvalue weighted by atomic mass is 9.99. The van der Waals surface area contributed by atoms with Gasteiger partial charge in [0.1, 0.15) is 18.4 Å². The fraction of sp³-hybridized carbons (Fsp3) is 0.333. The topological polar surface area (TPSA) is 89.0 Å². The maximum atomic E-state index is 9.89. The molecule has 7 heteroatoms. The van der Waals surface area contributed by atoms with E-state index < -0.39 is 0 Å². The number of aromatic amines is 1. The van der Waals surface area contributed by atoms with Gasteiger partial charge in [0.2, 0.25) is 0 Å². The predicted molar refractivity (Wildman–Crippen MR) is 149 cm³/mol. The fourth-order valence-electron chi connectivity index (χ4n) is 5.36. The van der Waals surface area contributed by atoms with Crippen molar-refractivity contribution >= 4 is 22.3 Å². The second-order valence-corrected chi connectivity index (χ2v) is 10.0. The number of nitrogens with zero attached hydrogens (tertiary/aromatic N) is 3. The van der Waals surface area contributed by atoms with Gasteiger partial charge in [0.25, 0.3) is 0 Å². The van der Waals surface area contributed by atoms with Crippen molar-refractivity contribution in [3.8, 4) is 22.9 Å². The van der Waals surface area contributed by atoms with E-state index in [0.717, 1.165) is 70.0 Å². The molecule has 3 N–H and O–H groups in total. The van der Waals surface area contributed by atoms with Crippen LogP contribution in [0.2, 0.25) is 0 Å². The first-order valence-electron chi connectivity index (χ1n) is 12.9. The van der Waals surface area contributed by atoms with Crippen molar-refractivity contribution in [2.75, 3.05) is 31.6 Å². The average molecular weight is 495 g/mol. The van der Waals surface area contributed by atoms with E-state index in [2.05, 4.69) is 64.5 Å². The molecular formula is C30H34N6O. The summed E-state index contributed by atoms with van der Waals surface area (Å²) in [5.41, 5.74) is 7.22. The third-order valence-electron chi connectivity index (χ3n) is 7.10. The summed E-state index contributed by atoms with van der Waals surface area (Å²) >= 11 is 0. The van der Waals surface area contributed by atoms with Crippen molar-refractivity contribution in [3.63, 3.8) is 0 Å². The maximum Gasteiger partial charge on any atom is 0.119 e. The van der Waals surface area contributed by atoms with Gasteiger partial charge in [-0.25, -0.2) is 0 Å². The molecule has 3 heterocycles. The van der Waals surface area contributed by atoms with Crippen LogP contribution in [0, 0.1) is 25.2 Å². The van der Waals surface area contributed by atoms with Crippen LogP contribution in [-0.4, -0.2) is 53.2 Å². The first-order chi connectivity index (χ1) is 17.9. The molecular weight excluding hydrogens is 460 g/mol. The highest BCUT2D eigenvalue weighted by atomic mass is 16.5. The van der Waals surface area contributed by atoms with Crippen LogP contribution in [0.1, 0.15) is 30.7 Å². The number of benzene rings is 2. The van der Waals surface area contributed by atoms with E-state index in [1.165, 1.54) is 0 Å². The monoisotopic (exact) mass is 494 g/mol. The van der Waals surface area contributed by atoms with Crippen LogP contribution in [-0.2, 0) is 0 Å². The average Bonchev–Trinajstić information content (AvgIpc) is 3.36. The quantitative estimate of drug-likeness (QED) is 0.313. The lowest BCUT2D eigenvalue weighted by Gasteiger charge is -2.35. The van der Waals surface area contributed by atoms with Gasteiger partial charge in [-0.05, 0) is 69.2 Å². The van der Waals surface area contributed by atoms with Crippen LogP contribution < -0.4 is 15.4 Å². The van der Waals surface area contributed by atoms with Gasteiger partial charge in [0.05, 0.1) is 11.3 Å². The molecule has 1 fully saturated rings. The molecule has 2 unspecified atom stereocenters. The molecule has 0 saturated carbocycles. The maximum absolute atomic E-state index is 9.89. The molecule has 7 nitrogen and oxygen atoms in total. The molecule has 0 bridgehead atoms. The Labute approximate surface area is 218 Å². The number of piperazine rings is 1. The normalized spacial score (nSPS) is 18.0. The Bertz CT molecular complexity index is 1430.